The Labute approximate surface area is 92.1 Å². The van der Waals surface area contributed by atoms with Crippen LogP contribution in [-0.4, -0.2) is 11.5 Å². The number of nitrogens with two attached hydrogens (primary N) is 1. The van der Waals surface area contributed by atoms with Gasteiger partial charge in [0.2, 0.25) is 0 Å². The van der Waals surface area contributed by atoms with Crippen molar-refractivity contribution in [3.05, 3.63) is 17.8 Å². The maximum atomic E-state index is 5.92. The molecular weight excluding hydrogens is 186 g/mol. The van der Waals surface area contributed by atoms with Crippen molar-refractivity contribution < 1.29 is 0 Å². The Morgan fingerprint density at radius 2 is 2.07 bits per heavy atom. The predicted octanol–water partition coefficient (Wildman–Crippen LogP) is 2.68. The summed E-state index contributed by atoms with van der Waals surface area (Å²) in [7, 11) is 0. The summed E-state index contributed by atoms with van der Waals surface area (Å²) < 4.78 is 0. The average molecular weight is 207 g/mol. The van der Waals surface area contributed by atoms with Crippen molar-refractivity contribution in [2.45, 2.75) is 27.7 Å². The van der Waals surface area contributed by atoms with Crippen LogP contribution in [0.5, 0.6) is 0 Å². The molecule has 1 aromatic rings. The molecule has 0 fully saturated rings. The Kier molecular flexibility index (Phi) is 3.95. The highest BCUT2D eigenvalue weighted by atomic mass is 15.0. The molecule has 0 saturated carbocycles. The summed E-state index contributed by atoms with van der Waals surface area (Å²) >= 11 is 0. The molecule has 0 radical (unpaired) electrons. The van der Waals surface area contributed by atoms with Gasteiger partial charge in [-0.15, -0.1) is 0 Å². The van der Waals surface area contributed by atoms with Gasteiger partial charge in [0.05, 0.1) is 5.69 Å². The van der Waals surface area contributed by atoms with Crippen LogP contribution in [0, 0.1) is 18.8 Å². The minimum Gasteiger partial charge on any atom is -0.396 e. The van der Waals surface area contributed by atoms with Crippen molar-refractivity contribution in [3.8, 4) is 0 Å². The number of nitrogens with one attached hydrogen (secondary N) is 1. The lowest BCUT2D eigenvalue weighted by molar-refractivity contribution is 0.439. The lowest BCUT2D eigenvalue weighted by atomic mass is 9.98. The predicted molar refractivity (Wildman–Crippen MR) is 65.9 cm³/mol. The van der Waals surface area contributed by atoms with Crippen molar-refractivity contribution in [1.29, 1.82) is 0 Å². The molecule has 15 heavy (non-hydrogen) atoms. The highest BCUT2D eigenvalue weighted by Crippen LogP contribution is 2.19. The van der Waals surface area contributed by atoms with Crippen LogP contribution >= 0.6 is 0 Å². The highest BCUT2D eigenvalue weighted by molar-refractivity contribution is 5.64. The van der Waals surface area contributed by atoms with E-state index in [0.29, 0.717) is 11.8 Å². The highest BCUT2D eigenvalue weighted by Gasteiger charge is 2.08. The molecule has 0 aromatic carbocycles. The van der Waals surface area contributed by atoms with Crippen LogP contribution in [0.3, 0.4) is 0 Å². The first-order valence-corrected chi connectivity index (χ1v) is 5.47. The van der Waals surface area contributed by atoms with Crippen molar-refractivity contribution in [1.82, 2.24) is 4.98 Å². The fourth-order valence-corrected chi connectivity index (χ4v) is 1.20. The van der Waals surface area contributed by atoms with Gasteiger partial charge in [0.15, 0.2) is 0 Å². The lowest BCUT2D eigenvalue weighted by Gasteiger charge is -2.17. The number of nitrogens with zero attached hydrogens (tertiary/aromatic N) is 1. The number of hydrogen-bond acceptors (Lipinski definition) is 3. The summed E-state index contributed by atoms with van der Waals surface area (Å²) in [5.41, 5.74) is 7.75. The van der Waals surface area contributed by atoms with E-state index in [1.807, 2.05) is 13.0 Å². The molecule has 1 aromatic heterocycles. The second kappa shape index (κ2) is 5.01. The van der Waals surface area contributed by atoms with E-state index in [1.54, 1.807) is 6.20 Å². The van der Waals surface area contributed by atoms with Gasteiger partial charge in [-0.25, -0.2) is 4.98 Å². The molecule has 1 rings (SSSR count). The number of aryl methyl sites for hydroxylation is 1. The van der Waals surface area contributed by atoms with Crippen molar-refractivity contribution in [3.63, 3.8) is 0 Å². The van der Waals surface area contributed by atoms with E-state index in [9.17, 15) is 0 Å². The summed E-state index contributed by atoms with van der Waals surface area (Å²) in [5, 5.41) is 3.30. The molecule has 0 aliphatic carbocycles. The third-order valence-corrected chi connectivity index (χ3v) is 2.94. The van der Waals surface area contributed by atoms with Crippen LogP contribution in [-0.2, 0) is 0 Å². The van der Waals surface area contributed by atoms with E-state index in [4.69, 9.17) is 5.73 Å². The summed E-state index contributed by atoms with van der Waals surface area (Å²) in [6.45, 7) is 9.58. The van der Waals surface area contributed by atoms with E-state index in [0.717, 1.165) is 23.6 Å². The summed E-state index contributed by atoms with van der Waals surface area (Å²) in [6.07, 6.45) is 1.79. The van der Waals surface area contributed by atoms with Crippen LogP contribution in [0.2, 0.25) is 0 Å². The van der Waals surface area contributed by atoms with Gasteiger partial charge in [0, 0.05) is 12.7 Å². The number of rotatable bonds is 4. The van der Waals surface area contributed by atoms with Crippen LogP contribution in [0.15, 0.2) is 12.3 Å². The van der Waals surface area contributed by atoms with Crippen molar-refractivity contribution in [2.75, 3.05) is 17.6 Å². The Bertz CT molecular complexity index is 321. The molecule has 3 heteroatoms. The molecule has 0 aliphatic heterocycles. The topological polar surface area (TPSA) is 50.9 Å². The van der Waals surface area contributed by atoms with Crippen molar-refractivity contribution >= 4 is 11.5 Å². The maximum Gasteiger partial charge on any atom is 0.149 e. The molecule has 0 bridgehead atoms. The summed E-state index contributed by atoms with van der Waals surface area (Å²) in [5.74, 6) is 2.10. The van der Waals surface area contributed by atoms with E-state index in [1.165, 1.54) is 0 Å². The van der Waals surface area contributed by atoms with Gasteiger partial charge in [-0.1, -0.05) is 20.8 Å². The molecule has 1 heterocycles. The van der Waals surface area contributed by atoms with E-state index in [2.05, 4.69) is 31.1 Å². The molecule has 0 saturated heterocycles. The molecule has 84 valence electrons. The quantitative estimate of drug-likeness (QED) is 0.798. The van der Waals surface area contributed by atoms with Crippen LogP contribution in [0.25, 0.3) is 0 Å². The Balaban J connectivity index is 2.62. The maximum absolute atomic E-state index is 5.92. The van der Waals surface area contributed by atoms with Crippen LogP contribution in [0.1, 0.15) is 26.3 Å². The molecule has 3 N–H and O–H groups in total. The zero-order valence-corrected chi connectivity index (χ0v) is 10.0. The second-order valence-corrected chi connectivity index (χ2v) is 4.49. The minimum atomic E-state index is 0.617. The van der Waals surface area contributed by atoms with Gasteiger partial charge in [0.1, 0.15) is 5.82 Å². The molecule has 3 nitrogen and oxygen atoms in total. The third kappa shape index (κ3) is 3.11. The Morgan fingerprint density at radius 1 is 1.40 bits per heavy atom. The minimum absolute atomic E-state index is 0.617. The molecular formula is C12H21N3. The summed E-state index contributed by atoms with van der Waals surface area (Å²) in [6, 6.07) is 1.92. The summed E-state index contributed by atoms with van der Waals surface area (Å²) in [4.78, 5) is 4.23. The fourth-order valence-electron chi connectivity index (χ4n) is 1.20. The van der Waals surface area contributed by atoms with Crippen LogP contribution in [0.4, 0.5) is 11.5 Å². The SMILES string of the molecule is Cc1ccnc(NCC(C)C(C)C)c1N. The van der Waals surface area contributed by atoms with E-state index in [-0.39, 0.29) is 0 Å². The molecule has 1 unspecified atom stereocenters. The monoisotopic (exact) mass is 207 g/mol. The molecule has 0 spiro atoms. The zero-order valence-electron chi connectivity index (χ0n) is 10.0. The second-order valence-electron chi connectivity index (χ2n) is 4.49. The first-order valence-electron chi connectivity index (χ1n) is 5.47. The van der Waals surface area contributed by atoms with Gasteiger partial charge in [0.25, 0.3) is 0 Å². The Hall–Kier alpha value is -1.25. The smallest absolute Gasteiger partial charge is 0.149 e. The van der Waals surface area contributed by atoms with Crippen molar-refractivity contribution in [2.24, 2.45) is 11.8 Å². The molecule has 1 atom stereocenters. The van der Waals surface area contributed by atoms with E-state index >= 15 is 0 Å². The molecule has 0 aliphatic rings. The number of nitrogen functional groups attached to an aromatic ring is 1. The zero-order chi connectivity index (χ0) is 11.4. The average Bonchev–Trinajstić information content (AvgIpc) is 2.19. The van der Waals surface area contributed by atoms with E-state index < -0.39 is 0 Å². The van der Waals surface area contributed by atoms with Gasteiger partial charge in [-0.05, 0) is 30.4 Å². The van der Waals surface area contributed by atoms with Gasteiger partial charge in [-0.2, -0.15) is 0 Å². The first kappa shape index (κ1) is 11.8. The normalized spacial score (nSPS) is 12.9. The van der Waals surface area contributed by atoms with Gasteiger partial charge < -0.3 is 11.1 Å². The largest absolute Gasteiger partial charge is 0.396 e. The van der Waals surface area contributed by atoms with Gasteiger partial charge >= 0.3 is 0 Å². The van der Waals surface area contributed by atoms with Crippen LogP contribution < -0.4 is 11.1 Å². The number of anilines is 2. The number of pyridine rings is 1. The standard InChI is InChI=1S/C12H21N3/c1-8(2)10(4)7-15-12-11(13)9(3)5-6-14-12/h5-6,8,10H,7,13H2,1-4H3,(H,14,15). The number of aromatic nitrogens is 1. The fraction of sp³-hybridized carbons (Fsp3) is 0.583. The van der Waals surface area contributed by atoms with Gasteiger partial charge in [-0.3, -0.25) is 0 Å². The lowest BCUT2D eigenvalue weighted by Crippen LogP contribution is -2.17. The number of hydrogen-bond donors (Lipinski definition) is 2. The first-order chi connectivity index (χ1) is 7.02. The Morgan fingerprint density at radius 3 is 2.67 bits per heavy atom. The third-order valence-electron chi connectivity index (χ3n) is 2.94. The molecule has 0 amide bonds.